The third-order valence-electron chi connectivity index (χ3n) is 6.60. The maximum Gasteiger partial charge on any atom is 0.0544 e. The molecule has 4 aromatic carbocycles. The van der Waals surface area contributed by atoms with Crippen molar-refractivity contribution in [3.63, 3.8) is 0 Å². The van der Waals surface area contributed by atoms with Crippen LogP contribution in [0.3, 0.4) is 0 Å². The Kier molecular flexibility index (Phi) is 3.62. The number of hydrogen-bond donors (Lipinski definition) is 0. The topological polar surface area (TPSA) is 9.86 Å². The van der Waals surface area contributed by atoms with Gasteiger partial charge in [0.15, 0.2) is 0 Å². The summed E-state index contributed by atoms with van der Waals surface area (Å²) >= 11 is 0. The summed E-state index contributed by atoms with van der Waals surface area (Å²) in [6, 6.07) is 34.9. The fourth-order valence-electron chi connectivity index (χ4n) is 5.27. The Morgan fingerprint density at radius 3 is 1.81 bits per heavy atom. The van der Waals surface area contributed by atoms with Crippen molar-refractivity contribution in [3.8, 4) is 23.2 Å². The number of nitrogens with zero attached hydrogens (tertiary/aromatic N) is 2. The smallest absolute Gasteiger partial charge is 0.0544 e. The molecule has 0 unspecified atom stereocenters. The van der Waals surface area contributed by atoms with Crippen LogP contribution in [0.5, 0.6) is 0 Å². The van der Waals surface area contributed by atoms with Gasteiger partial charge in [0.2, 0.25) is 0 Å². The first-order valence-electron chi connectivity index (χ1n) is 11.1. The highest BCUT2D eigenvalue weighted by Gasteiger charge is 2.19. The molecule has 0 saturated heterocycles. The molecule has 0 radical (unpaired) electrons. The molecule has 0 amide bonds. The van der Waals surface area contributed by atoms with Crippen molar-refractivity contribution in [2.24, 2.45) is 0 Å². The molecule has 2 nitrogen and oxygen atoms in total. The van der Waals surface area contributed by atoms with Gasteiger partial charge in [-0.1, -0.05) is 72.5 Å². The predicted octanol–water partition coefficient (Wildman–Crippen LogP) is 7.03. The van der Waals surface area contributed by atoms with Gasteiger partial charge < -0.3 is 9.13 Å². The largest absolute Gasteiger partial charge is 0.312 e. The lowest BCUT2D eigenvalue weighted by molar-refractivity contribution is 0.900. The first-order chi connectivity index (χ1) is 15.9. The maximum atomic E-state index is 3.41. The molecule has 2 aromatic heterocycles. The maximum absolute atomic E-state index is 3.41. The van der Waals surface area contributed by atoms with Gasteiger partial charge in [-0.3, -0.25) is 0 Å². The molecule has 1 aliphatic carbocycles. The molecule has 0 aliphatic heterocycles. The molecule has 2 heteroatoms. The van der Waals surface area contributed by atoms with Crippen LogP contribution in [0.25, 0.3) is 44.1 Å². The molecule has 0 N–H and O–H groups in total. The van der Waals surface area contributed by atoms with E-state index in [4.69, 9.17) is 0 Å². The molecule has 7 rings (SSSR count). The van der Waals surface area contributed by atoms with E-state index in [1.807, 2.05) is 0 Å². The molecule has 6 aromatic rings. The van der Waals surface area contributed by atoms with Crippen molar-refractivity contribution in [3.05, 3.63) is 108 Å². The minimum absolute atomic E-state index is 0.913. The molecule has 0 spiro atoms. The van der Waals surface area contributed by atoms with Crippen molar-refractivity contribution < 1.29 is 0 Å². The Balaban J connectivity index is 1.53. The number of para-hydroxylation sites is 3. The molecule has 0 saturated carbocycles. The lowest BCUT2D eigenvalue weighted by Crippen LogP contribution is -2.04. The zero-order chi connectivity index (χ0) is 21.1. The second-order valence-corrected chi connectivity index (χ2v) is 8.37. The summed E-state index contributed by atoms with van der Waals surface area (Å²) in [5.74, 6) is 6.71. The third-order valence-corrected chi connectivity index (χ3v) is 6.60. The van der Waals surface area contributed by atoms with Gasteiger partial charge in [0, 0.05) is 46.1 Å². The Morgan fingerprint density at radius 2 is 1.12 bits per heavy atom. The van der Waals surface area contributed by atoms with E-state index in [-0.39, 0.29) is 0 Å². The van der Waals surface area contributed by atoms with Gasteiger partial charge in [-0.25, -0.2) is 0 Å². The zero-order valence-corrected chi connectivity index (χ0v) is 17.5. The summed E-state index contributed by atoms with van der Waals surface area (Å²) in [5, 5.41) is 3.82. The van der Waals surface area contributed by atoms with Crippen LogP contribution >= 0.6 is 0 Å². The van der Waals surface area contributed by atoms with Gasteiger partial charge in [0.05, 0.1) is 22.1 Å². The van der Waals surface area contributed by atoms with Gasteiger partial charge in [-0.2, -0.15) is 0 Å². The van der Waals surface area contributed by atoms with Gasteiger partial charge >= 0.3 is 0 Å². The highest BCUT2D eigenvalue weighted by molar-refractivity contribution is 6.09. The summed E-state index contributed by atoms with van der Waals surface area (Å²) in [7, 11) is 0. The summed E-state index contributed by atoms with van der Waals surface area (Å²) in [5.41, 5.74) is 8.57. The van der Waals surface area contributed by atoms with Crippen LogP contribution in [-0.4, -0.2) is 9.13 Å². The van der Waals surface area contributed by atoms with Crippen LogP contribution in [0.15, 0.2) is 97.1 Å². The Morgan fingerprint density at radius 1 is 0.562 bits per heavy atom. The van der Waals surface area contributed by atoms with Crippen molar-refractivity contribution in [1.29, 1.82) is 0 Å². The average Bonchev–Trinajstić information content (AvgIpc) is 3.37. The number of benzene rings is 4. The van der Waals surface area contributed by atoms with E-state index in [0.29, 0.717) is 0 Å². The van der Waals surface area contributed by atoms with Gasteiger partial charge in [-0.05, 0) is 36.4 Å². The SMILES string of the molecule is C1#Cc2c(n(-c3cccc(-n4c5ccccc5c5ccccc54)c3)c3ccccc23)CC1. The number of rotatable bonds is 2. The first-order valence-corrected chi connectivity index (χ1v) is 11.1. The van der Waals surface area contributed by atoms with Crippen molar-refractivity contribution >= 4 is 32.7 Å². The lowest BCUT2D eigenvalue weighted by atomic mass is 10.0. The Bertz CT molecular complexity index is 1680. The second kappa shape index (κ2) is 6.64. The average molecular weight is 409 g/mol. The normalized spacial score (nSPS) is 12.8. The van der Waals surface area contributed by atoms with Crippen molar-refractivity contribution in [2.45, 2.75) is 12.8 Å². The van der Waals surface area contributed by atoms with Crippen molar-refractivity contribution in [1.82, 2.24) is 9.13 Å². The van der Waals surface area contributed by atoms with Crippen LogP contribution in [0.1, 0.15) is 17.7 Å². The summed E-state index contributed by atoms with van der Waals surface area (Å²) in [6.45, 7) is 0. The monoisotopic (exact) mass is 408 g/mol. The third kappa shape index (κ3) is 2.37. The molecule has 150 valence electrons. The summed E-state index contributed by atoms with van der Waals surface area (Å²) < 4.78 is 4.79. The molecule has 32 heavy (non-hydrogen) atoms. The molecule has 0 atom stereocenters. The van der Waals surface area contributed by atoms with Gasteiger partial charge in [-0.15, -0.1) is 0 Å². The highest BCUT2D eigenvalue weighted by Crippen LogP contribution is 2.35. The number of hydrogen-bond acceptors (Lipinski definition) is 0. The van der Waals surface area contributed by atoms with Crippen molar-refractivity contribution in [2.75, 3.05) is 0 Å². The predicted molar refractivity (Wildman–Crippen MR) is 133 cm³/mol. The lowest BCUT2D eigenvalue weighted by Gasteiger charge is -2.15. The van der Waals surface area contributed by atoms with E-state index in [1.165, 1.54) is 55.3 Å². The molecule has 0 bridgehead atoms. The quantitative estimate of drug-likeness (QED) is 0.272. The van der Waals surface area contributed by atoms with E-state index in [2.05, 4.69) is 118 Å². The van der Waals surface area contributed by atoms with E-state index in [9.17, 15) is 0 Å². The van der Waals surface area contributed by atoms with Crippen LogP contribution in [0.2, 0.25) is 0 Å². The minimum Gasteiger partial charge on any atom is -0.312 e. The Labute approximate surface area is 186 Å². The second-order valence-electron chi connectivity index (χ2n) is 8.37. The molecule has 2 heterocycles. The van der Waals surface area contributed by atoms with E-state index in [1.54, 1.807) is 0 Å². The molecular formula is C30H20N2. The van der Waals surface area contributed by atoms with Crippen LogP contribution in [0, 0.1) is 11.8 Å². The Hall–Kier alpha value is -4.22. The van der Waals surface area contributed by atoms with E-state index in [0.717, 1.165) is 12.8 Å². The molecule has 1 aliphatic rings. The van der Waals surface area contributed by atoms with Gasteiger partial charge in [0.1, 0.15) is 0 Å². The fourth-order valence-corrected chi connectivity index (χ4v) is 5.27. The number of aromatic nitrogens is 2. The summed E-state index contributed by atoms with van der Waals surface area (Å²) in [6.07, 6.45) is 1.90. The van der Waals surface area contributed by atoms with Crippen LogP contribution in [-0.2, 0) is 6.42 Å². The first kappa shape index (κ1) is 17.5. The number of fused-ring (bicyclic) bond motifs is 6. The zero-order valence-electron chi connectivity index (χ0n) is 17.5. The van der Waals surface area contributed by atoms with E-state index >= 15 is 0 Å². The summed E-state index contributed by atoms with van der Waals surface area (Å²) in [4.78, 5) is 0. The highest BCUT2D eigenvalue weighted by atomic mass is 15.0. The molecule has 0 fully saturated rings. The molecular weight excluding hydrogens is 388 g/mol. The van der Waals surface area contributed by atoms with Crippen LogP contribution in [0.4, 0.5) is 0 Å². The fraction of sp³-hybridized carbons (Fsp3) is 0.0667. The standard InChI is InChI=1S/C30H20N2/c1-5-16-27-23(12-1)24-13-2-6-17-28(24)31(27)21-10-9-11-22(20-21)32-29-18-7-3-14-25(29)26-15-4-8-19-30(26)32/h1-3,5-7,9-14,16-18,20H,8,19H2. The van der Waals surface area contributed by atoms with Crippen LogP contribution < -0.4 is 0 Å². The van der Waals surface area contributed by atoms with Gasteiger partial charge in [0.25, 0.3) is 0 Å². The minimum atomic E-state index is 0.913. The van der Waals surface area contributed by atoms with E-state index < -0.39 is 0 Å².